The maximum absolute atomic E-state index is 11.1. The lowest BCUT2D eigenvalue weighted by atomic mass is 10.4. The maximum atomic E-state index is 11.1. The van der Waals surface area contributed by atoms with Crippen molar-refractivity contribution < 1.29 is 0 Å². The van der Waals surface area contributed by atoms with Crippen molar-refractivity contribution in [1.82, 2.24) is 9.55 Å². The first-order valence-electron chi connectivity index (χ1n) is 3.64. The van der Waals surface area contributed by atoms with Gasteiger partial charge in [-0.25, -0.2) is 4.79 Å². The van der Waals surface area contributed by atoms with Crippen molar-refractivity contribution >= 4 is 11.6 Å². The van der Waals surface area contributed by atoms with Crippen molar-refractivity contribution in [2.24, 2.45) is 0 Å². The Hall–Kier alpha value is -1.29. The van der Waals surface area contributed by atoms with Crippen molar-refractivity contribution in [2.75, 3.05) is 0 Å². The van der Waals surface area contributed by atoms with Crippen LogP contribution in [0.3, 0.4) is 0 Å². The highest BCUT2D eigenvalue weighted by molar-refractivity contribution is 6.29. The molecular weight excluding hydrogens is 192 g/mol. The first-order chi connectivity index (χ1) is 6.00. The molecule has 1 N–H and O–H groups in total. The minimum absolute atomic E-state index is 0.206. The molecule has 0 amide bonds. The molecular formula is C8H9ClN2O2. The predicted octanol–water partition coefficient (Wildman–Crippen LogP) is 0.598. The molecule has 0 saturated carbocycles. The Bertz CT molecular complexity index is 444. The number of H-pyrrole nitrogens is 1. The van der Waals surface area contributed by atoms with Crippen LogP contribution in [0.2, 0.25) is 0 Å². The molecule has 1 rings (SSSR count). The molecule has 0 bridgehead atoms. The number of hydrogen-bond donors (Lipinski definition) is 1. The van der Waals surface area contributed by atoms with Gasteiger partial charge in [0, 0.05) is 16.8 Å². The normalized spacial score (nSPS) is 10.0. The number of rotatable bonds is 2. The second kappa shape index (κ2) is 3.62. The van der Waals surface area contributed by atoms with Crippen molar-refractivity contribution in [3.05, 3.63) is 44.2 Å². The minimum Gasteiger partial charge on any atom is -0.295 e. The Morgan fingerprint density at radius 1 is 1.69 bits per heavy atom. The summed E-state index contributed by atoms with van der Waals surface area (Å²) < 4.78 is 1.30. The van der Waals surface area contributed by atoms with Crippen molar-refractivity contribution in [2.45, 2.75) is 13.5 Å². The molecule has 4 nitrogen and oxygen atoms in total. The topological polar surface area (TPSA) is 54.9 Å². The van der Waals surface area contributed by atoms with Crippen molar-refractivity contribution in [3.63, 3.8) is 0 Å². The van der Waals surface area contributed by atoms with E-state index in [1.54, 1.807) is 6.92 Å². The van der Waals surface area contributed by atoms with Gasteiger partial charge in [0.1, 0.15) is 0 Å². The van der Waals surface area contributed by atoms with Gasteiger partial charge in [0.2, 0.25) is 0 Å². The predicted molar refractivity (Wildman–Crippen MR) is 51.1 cm³/mol. The summed E-state index contributed by atoms with van der Waals surface area (Å²) in [7, 11) is 0. The molecule has 13 heavy (non-hydrogen) atoms. The molecule has 0 unspecified atom stereocenters. The number of aromatic nitrogens is 2. The highest BCUT2D eigenvalue weighted by Gasteiger charge is 2.00. The van der Waals surface area contributed by atoms with E-state index in [4.69, 9.17) is 11.6 Å². The molecule has 0 fully saturated rings. The summed E-state index contributed by atoms with van der Waals surface area (Å²) in [4.78, 5) is 24.3. The molecule has 0 aliphatic heterocycles. The summed E-state index contributed by atoms with van der Waals surface area (Å²) >= 11 is 5.53. The average Bonchev–Trinajstić information content (AvgIpc) is 1.99. The number of nitrogens with zero attached hydrogens (tertiary/aromatic N) is 1. The summed E-state index contributed by atoms with van der Waals surface area (Å²) in [5, 5.41) is 0.341. The Morgan fingerprint density at radius 3 is 2.85 bits per heavy atom. The summed E-state index contributed by atoms with van der Waals surface area (Å²) in [5.41, 5.74) is -0.378. The zero-order valence-electron chi connectivity index (χ0n) is 7.13. The monoisotopic (exact) mass is 200 g/mol. The van der Waals surface area contributed by atoms with E-state index in [-0.39, 0.29) is 12.1 Å². The Morgan fingerprint density at radius 2 is 2.31 bits per heavy atom. The van der Waals surface area contributed by atoms with Crippen LogP contribution in [0.4, 0.5) is 0 Å². The first-order valence-corrected chi connectivity index (χ1v) is 4.02. The van der Waals surface area contributed by atoms with E-state index in [0.29, 0.717) is 10.6 Å². The van der Waals surface area contributed by atoms with E-state index in [1.165, 1.54) is 10.8 Å². The highest BCUT2D eigenvalue weighted by Crippen LogP contribution is 1.98. The molecule has 70 valence electrons. The van der Waals surface area contributed by atoms with E-state index >= 15 is 0 Å². The molecule has 0 saturated heterocycles. The molecule has 1 heterocycles. The number of aromatic amines is 1. The van der Waals surface area contributed by atoms with E-state index in [9.17, 15) is 9.59 Å². The van der Waals surface area contributed by atoms with Gasteiger partial charge in [-0.05, 0) is 6.92 Å². The van der Waals surface area contributed by atoms with Crippen LogP contribution < -0.4 is 11.2 Å². The number of halogens is 1. The van der Waals surface area contributed by atoms with Crippen LogP contribution in [-0.4, -0.2) is 9.55 Å². The molecule has 0 spiro atoms. The lowest BCUT2D eigenvalue weighted by Gasteiger charge is -2.03. The van der Waals surface area contributed by atoms with Crippen LogP contribution in [0.5, 0.6) is 0 Å². The molecule has 1 aromatic rings. The number of aryl methyl sites for hydroxylation is 1. The molecule has 0 atom stereocenters. The summed E-state index contributed by atoms with van der Waals surface area (Å²) in [5.74, 6) is 0. The van der Waals surface area contributed by atoms with Gasteiger partial charge in [0.25, 0.3) is 5.56 Å². The fourth-order valence-corrected chi connectivity index (χ4v) is 1.05. The number of nitrogens with one attached hydrogen (secondary N) is 1. The summed E-state index contributed by atoms with van der Waals surface area (Å²) in [6.45, 7) is 5.28. The van der Waals surface area contributed by atoms with Crippen LogP contribution in [0, 0.1) is 6.92 Å². The van der Waals surface area contributed by atoms with Gasteiger partial charge < -0.3 is 0 Å². The van der Waals surface area contributed by atoms with Crippen LogP contribution in [0.1, 0.15) is 5.56 Å². The molecule has 0 radical (unpaired) electrons. The third-order valence-corrected chi connectivity index (χ3v) is 1.65. The van der Waals surface area contributed by atoms with Crippen molar-refractivity contribution in [1.29, 1.82) is 0 Å². The molecule has 0 aromatic carbocycles. The highest BCUT2D eigenvalue weighted by atomic mass is 35.5. The van der Waals surface area contributed by atoms with Gasteiger partial charge in [0.05, 0.1) is 6.54 Å². The Kier molecular flexibility index (Phi) is 2.72. The van der Waals surface area contributed by atoms with E-state index in [0.717, 1.165) is 0 Å². The fraction of sp³-hybridized carbons (Fsp3) is 0.250. The van der Waals surface area contributed by atoms with Gasteiger partial charge in [-0.3, -0.25) is 14.3 Å². The quantitative estimate of drug-likeness (QED) is 0.760. The van der Waals surface area contributed by atoms with E-state index in [2.05, 4.69) is 11.6 Å². The smallest absolute Gasteiger partial charge is 0.295 e. The molecule has 0 aliphatic carbocycles. The first kappa shape index (κ1) is 9.80. The van der Waals surface area contributed by atoms with Crippen LogP contribution >= 0.6 is 11.6 Å². The average molecular weight is 201 g/mol. The number of hydrogen-bond acceptors (Lipinski definition) is 2. The second-order valence-electron chi connectivity index (χ2n) is 2.72. The SMILES string of the molecule is C=C(Cl)Cn1cc(C)c(=O)[nH]c1=O. The van der Waals surface area contributed by atoms with Crippen LogP contribution in [0.25, 0.3) is 0 Å². The fourth-order valence-electron chi connectivity index (χ4n) is 0.921. The lowest BCUT2D eigenvalue weighted by Crippen LogP contribution is -2.30. The molecule has 0 aliphatic rings. The van der Waals surface area contributed by atoms with Gasteiger partial charge in [-0.2, -0.15) is 0 Å². The summed E-state index contributed by atoms with van der Waals surface area (Å²) in [6.07, 6.45) is 1.45. The van der Waals surface area contributed by atoms with E-state index in [1.807, 2.05) is 0 Å². The zero-order valence-corrected chi connectivity index (χ0v) is 7.89. The summed E-state index contributed by atoms with van der Waals surface area (Å²) in [6, 6.07) is 0. The van der Waals surface area contributed by atoms with Crippen LogP contribution in [0.15, 0.2) is 27.4 Å². The lowest BCUT2D eigenvalue weighted by molar-refractivity contribution is 0.722. The Labute approximate surface area is 79.5 Å². The zero-order chi connectivity index (χ0) is 10.0. The van der Waals surface area contributed by atoms with Gasteiger partial charge in [-0.15, -0.1) is 0 Å². The van der Waals surface area contributed by atoms with Gasteiger partial charge >= 0.3 is 5.69 Å². The minimum atomic E-state index is -0.475. The third-order valence-electron chi connectivity index (χ3n) is 1.53. The molecule has 5 heteroatoms. The van der Waals surface area contributed by atoms with Crippen LogP contribution in [-0.2, 0) is 6.54 Å². The van der Waals surface area contributed by atoms with Gasteiger partial charge in [0.15, 0.2) is 0 Å². The third kappa shape index (κ3) is 2.32. The second-order valence-corrected chi connectivity index (χ2v) is 3.25. The van der Waals surface area contributed by atoms with Crippen molar-refractivity contribution in [3.8, 4) is 0 Å². The van der Waals surface area contributed by atoms with Gasteiger partial charge in [-0.1, -0.05) is 18.2 Å². The van der Waals surface area contributed by atoms with E-state index < -0.39 is 5.69 Å². The largest absolute Gasteiger partial charge is 0.328 e. The standard InChI is InChI=1S/C8H9ClN2O2/c1-5-3-11(4-6(2)9)8(13)10-7(5)12/h3H,2,4H2,1H3,(H,10,12,13). The Balaban J connectivity index is 3.24. The molecule has 1 aromatic heterocycles. The maximum Gasteiger partial charge on any atom is 0.328 e. The number of allylic oxidation sites excluding steroid dienone is 1.